The van der Waals surface area contributed by atoms with Crippen LogP contribution in [0.1, 0.15) is 48.6 Å². The van der Waals surface area contributed by atoms with E-state index in [-0.39, 0.29) is 29.5 Å². The number of thioether (sulfide) groups is 1. The van der Waals surface area contributed by atoms with E-state index in [0.29, 0.717) is 23.1 Å². The van der Waals surface area contributed by atoms with Gasteiger partial charge in [-0.15, -0.1) is 10.2 Å². The van der Waals surface area contributed by atoms with Crippen LogP contribution in [-0.4, -0.2) is 32.3 Å². The van der Waals surface area contributed by atoms with Gasteiger partial charge in [0.2, 0.25) is 5.91 Å². The monoisotopic (exact) mass is 529 g/mol. The molecule has 2 amide bonds. The van der Waals surface area contributed by atoms with Gasteiger partial charge in [-0.25, -0.2) is 0 Å². The van der Waals surface area contributed by atoms with E-state index in [9.17, 15) is 9.59 Å². The summed E-state index contributed by atoms with van der Waals surface area (Å²) in [5.41, 5.74) is 2.44. The second-order valence-electron chi connectivity index (χ2n) is 7.99. The summed E-state index contributed by atoms with van der Waals surface area (Å²) in [6.45, 7) is 8.68. The molecular formula is C24H28BrN5O2S. The van der Waals surface area contributed by atoms with Crippen molar-refractivity contribution in [2.75, 3.05) is 11.1 Å². The van der Waals surface area contributed by atoms with Gasteiger partial charge in [0.1, 0.15) is 0 Å². The zero-order valence-electron chi connectivity index (χ0n) is 19.1. The molecular weight excluding hydrogens is 502 g/mol. The maximum atomic E-state index is 12.8. The van der Waals surface area contributed by atoms with Gasteiger partial charge in [-0.05, 0) is 56.2 Å². The highest BCUT2D eigenvalue weighted by atomic mass is 79.9. The number of hydrogen-bond donors (Lipinski definition) is 2. The molecule has 174 valence electrons. The summed E-state index contributed by atoms with van der Waals surface area (Å²) in [5, 5.41) is 15.3. The lowest BCUT2D eigenvalue weighted by Crippen LogP contribution is -2.33. The maximum absolute atomic E-state index is 12.8. The van der Waals surface area contributed by atoms with E-state index in [0.717, 1.165) is 15.7 Å². The molecule has 0 aliphatic carbocycles. The first-order chi connectivity index (χ1) is 15.8. The number of hydrogen-bond acceptors (Lipinski definition) is 5. The lowest BCUT2D eigenvalue weighted by molar-refractivity contribution is -0.113. The summed E-state index contributed by atoms with van der Waals surface area (Å²) >= 11 is 4.71. The first kappa shape index (κ1) is 25.0. The van der Waals surface area contributed by atoms with Gasteiger partial charge in [0.25, 0.3) is 5.91 Å². The highest BCUT2D eigenvalue weighted by Crippen LogP contribution is 2.26. The van der Waals surface area contributed by atoms with Crippen molar-refractivity contribution in [2.45, 2.75) is 45.4 Å². The van der Waals surface area contributed by atoms with Gasteiger partial charge in [0.15, 0.2) is 11.0 Å². The van der Waals surface area contributed by atoms with Crippen LogP contribution in [0.2, 0.25) is 0 Å². The van der Waals surface area contributed by atoms with Gasteiger partial charge < -0.3 is 15.2 Å². The van der Waals surface area contributed by atoms with Gasteiger partial charge in [0.05, 0.1) is 11.8 Å². The van der Waals surface area contributed by atoms with Gasteiger partial charge in [-0.1, -0.05) is 59.2 Å². The fourth-order valence-electron chi connectivity index (χ4n) is 3.25. The minimum Gasteiger partial charge on any atom is -0.342 e. The zero-order chi connectivity index (χ0) is 24.0. The number of nitrogens with zero attached hydrogens (tertiary/aromatic N) is 3. The molecule has 3 aromatic rings. The Morgan fingerprint density at radius 2 is 1.73 bits per heavy atom. The molecule has 0 saturated carbocycles. The van der Waals surface area contributed by atoms with E-state index in [1.165, 1.54) is 11.8 Å². The van der Waals surface area contributed by atoms with Gasteiger partial charge in [-0.3, -0.25) is 9.59 Å². The van der Waals surface area contributed by atoms with Crippen molar-refractivity contribution in [3.8, 4) is 0 Å². The Kier molecular flexibility index (Phi) is 8.68. The fraction of sp³-hybridized carbons (Fsp3) is 0.333. The van der Waals surface area contributed by atoms with Crippen LogP contribution >= 0.6 is 27.7 Å². The van der Waals surface area contributed by atoms with E-state index < -0.39 is 0 Å². The minimum atomic E-state index is -0.308. The van der Waals surface area contributed by atoms with Crippen LogP contribution < -0.4 is 10.6 Å². The summed E-state index contributed by atoms with van der Waals surface area (Å²) in [5.74, 6) is 0.720. The summed E-state index contributed by atoms with van der Waals surface area (Å²) < 4.78 is 2.91. The van der Waals surface area contributed by atoms with E-state index in [2.05, 4.69) is 36.8 Å². The number of carbonyl (C=O) groups excluding carboxylic acids is 2. The standard InChI is InChI=1S/C24H28BrN5O2S/c1-5-30-22(21(15(2)3)27-23(32)17-8-6-16(4)7-9-17)28-29-24(30)33-14-20(31)26-19-12-10-18(25)11-13-19/h6-13,15,21H,5,14H2,1-4H3,(H,26,31)(H,27,32)/t21-/m1/s1. The Morgan fingerprint density at radius 1 is 1.06 bits per heavy atom. The Hall–Kier alpha value is -2.65. The topological polar surface area (TPSA) is 88.9 Å². The lowest BCUT2D eigenvalue weighted by atomic mass is 10.0. The highest BCUT2D eigenvalue weighted by Gasteiger charge is 2.26. The van der Waals surface area contributed by atoms with E-state index in [1.54, 1.807) is 0 Å². The van der Waals surface area contributed by atoms with E-state index >= 15 is 0 Å². The van der Waals surface area contributed by atoms with Gasteiger partial charge in [0, 0.05) is 22.3 Å². The molecule has 0 aliphatic heterocycles. The molecule has 1 aromatic heterocycles. The van der Waals surface area contributed by atoms with Crippen molar-refractivity contribution in [3.63, 3.8) is 0 Å². The number of benzene rings is 2. The smallest absolute Gasteiger partial charge is 0.251 e. The minimum absolute atomic E-state index is 0.104. The number of aromatic nitrogens is 3. The number of nitrogens with one attached hydrogen (secondary N) is 2. The zero-order valence-corrected chi connectivity index (χ0v) is 21.5. The summed E-state index contributed by atoms with van der Waals surface area (Å²) in [4.78, 5) is 25.2. The van der Waals surface area contributed by atoms with Crippen LogP contribution in [0.25, 0.3) is 0 Å². The molecule has 0 aliphatic rings. The second-order valence-corrected chi connectivity index (χ2v) is 9.85. The van der Waals surface area contributed by atoms with Crippen molar-refractivity contribution in [1.82, 2.24) is 20.1 Å². The second kappa shape index (κ2) is 11.5. The number of carbonyl (C=O) groups is 2. The molecule has 33 heavy (non-hydrogen) atoms. The Balaban J connectivity index is 1.70. The first-order valence-electron chi connectivity index (χ1n) is 10.8. The number of halogens is 1. The largest absolute Gasteiger partial charge is 0.342 e. The van der Waals surface area contributed by atoms with Crippen molar-refractivity contribution in [3.05, 3.63) is 70.0 Å². The third-order valence-corrected chi connectivity index (χ3v) is 6.56. The van der Waals surface area contributed by atoms with Crippen LogP contribution in [0.3, 0.4) is 0 Å². The van der Waals surface area contributed by atoms with Crippen LogP contribution in [-0.2, 0) is 11.3 Å². The highest BCUT2D eigenvalue weighted by molar-refractivity contribution is 9.10. The number of aryl methyl sites for hydroxylation is 1. The summed E-state index contributed by atoms with van der Waals surface area (Å²) in [6.07, 6.45) is 0. The normalized spacial score (nSPS) is 11.9. The molecule has 0 unspecified atom stereocenters. The van der Waals surface area contributed by atoms with Crippen LogP contribution in [0.5, 0.6) is 0 Å². The number of anilines is 1. The molecule has 0 bridgehead atoms. The molecule has 0 fully saturated rings. The molecule has 0 saturated heterocycles. The van der Waals surface area contributed by atoms with Crippen LogP contribution in [0.4, 0.5) is 5.69 Å². The first-order valence-corrected chi connectivity index (χ1v) is 12.5. The predicted octanol–water partition coefficient (Wildman–Crippen LogP) is 5.23. The average molecular weight is 530 g/mol. The van der Waals surface area contributed by atoms with Gasteiger partial charge >= 0.3 is 0 Å². The van der Waals surface area contributed by atoms with Crippen molar-refractivity contribution in [2.24, 2.45) is 5.92 Å². The van der Waals surface area contributed by atoms with Crippen molar-refractivity contribution >= 4 is 45.2 Å². The van der Waals surface area contributed by atoms with Crippen molar-refractivity contribution in [1.29, 1.82) is 0 Å². The average Bonchev–Trinajstić information content (AvgIpc) is 3.20. The Bertz CT molecular complexity index is 1100. The SMILES string of the molecule is CCn1c(SCC(=O)Nc2ccc(Br)cc2)nnc1[C@H](NC(=O)c1ccc(C)cc1)C(C)C. The molecule has 7 nitrogen and oxygen atoms in total. The van der Waals surface area contributed by atoms with Crippen molar-refractivity contribution < 1.29 is 9.59 Å². The molecule has 9 heteroatoms. The predicted molar refractivity (Wildman–Crippen MR) is 135 cm³/mol. The van der Waals surface area contributed by atoms with Gasteiger partial charge in [-0.2, -0.15) is 0 Å². The van der Waals surface area contributed by atoms with Crippen LogP contribution in [0, 0.1) is 12.8 Å². The molecule has 0 spiro atoms. The van der Waals surface area contributed by atoms with E-state index in [1.807, 2.05) is 80.8 Å². The fourth-order valence-corrected chi connectivity index (χ4v) is 4.33. The molecule has 1 atom stereocenters. The third kappa shape index (κ3) is 6.68. The summed E-state index contributed by atoms with van der Waals surface area (Å²) in [7, 11) is 0. The molecule has 2 N–H and O–H groups in total. The third-order valence-electron chi connectivity index (χ3n) is 5.07. The van der Waals surface area contributed by atoms with Crippen LogP contribution in [0.15, 0.2) is 58.2 Å². The Morgan fingerprint density at radius 3 is 2.33 bits per heavy atom. The molecule has 3 rings (SSSR count). The quantitative estimate of drug-likeness (QED) is 0.370. The lowest BCUT2D eigenvalue weighted by Gasteiger charge is -2.22. The maximum Gasteiger partial charge on any atom is 0.251 e. The molecule has 1 heterocycles. The summed E-state index contributed by atoms with van der Waals surface area (Å²) in [6, 6.07) is 14.6. The Labute approximate surface area is 206 Å². The molecule has 0 radical (unpaired) electrons. The number of rotatable bonds is 9. The van der Waals surface area contributed by atoms with E-state index in [4.69, 9.17) is 0 Å². The number of amides is 2. The molecule has 2 aromatic carbocycles.